The molecule has 0 spiro atoms. The van der Waals surface area contributed by atoms with Gasteiger partial charge < -0.3 is 14.8 Å². The fourth-order valence-corrected chi connectivity index (χ4v) is 6.66. The van der Waals surface area contributed by atoms with Crippen LogP contribution >= 0.6 is 34.5 Å². The number of fused-ring (bicyclic) bond motifs is 1. The lowest BCUT2D eigenvalue weighted by Gasteiger charge is -2.37. The standard InChI is InChI=1S/C28H30Cl2FN3O4S/c1-37-26(36)18-5-8-20(9-6-18)38-28(31,34-12-2-3-13-34)25(35)15-17-4-10-22(21(30)14-17)32-27-33-23-11-7-19(29)16-24(23)39-27/h4,7,10-11,14,16,18,20H,2-3,5-6,8-9,12-13,15H2,1H3,(H,32,33). The molecule has 1 aliphatic carbocycles. The summed E-state index contributed by atoms with van der Waals surface area (Å²) >= 11 is 14.1. The van der Waals surface area contributed by atoms with Gasteiger partial charge >= 0.3 is 11.9 Å². The van der Waals surface area contributed by atoms with E-state index < -0.39 is 17.9 Å². The molecule has 39 heavy (non-hydrogen) atoms. The lowest BCUT2D eigenvalue weighted by Crippen LogP contribution is -2.54. The predicted octanol–water partition coefficient (Wildman–Crippen LogP) is 6.93. The molecule has 208 valence electrons. The van der Waals surface area contributed by atoms with Gasteiger partial charge in [0, 0.05) is 24.5 Å². The molecule has 11 heteroatoms. The number of thiazole rings is 1. The highest BCUT2D eigenvalue weighted by atomic mass is 35.5. The quantitative estimate of drug-likeness (QED) is 0.213. The Balaban J connectivity index is 1.27. The lowest BCUT2D eigenvalue weighted by atomic mass is 9.87. The fourth-order valence-electron chi connectivity index (χ4n) is 5.26. The number of likely N-dealkylation sites (tertiary alicyclic amines) is 1. The SMILES string of the molecule is COC(=O)C1CCC(OC(F)(C(=O)Cc2ccc(Nc3nc4ccc(Cl)cc4s3)c(Cl)c2)N2CCCC2)CC1. The molecule has 2 aromatic carbocycles. The van der Waals surface area contributed by atoms with Crippen LogP contribution in [0.15, 0.2) is 36.4 Å². The van der Waals surface area contributed by atoms with Gasteiger partial charge in [-0.3, -0.25) is 9.59 Å². The van der Waals surface area contributed by atoms with Crippen molar-refractivity contribution in [1.82, 2.24) is 9.88 Å². The maximum absolute atomic E-state index is 16.5. The van der Waals surface area contributed by atoms with Crippen LogP contribution in [-0.4, -0.2) is 53.9 Å². The number of anilines is 2. The average molecular weight is 595 g/mol. The van der Waals surface area contributed by atoms with Crippen molar-refractivity contribution in [1.29, 1.82) is 0 Å². The molecular formula is C28H30Cl2FN3O4S. The minimum atomic E-state index is -2.52. The second kappa shape index (κ2) is 12.1. The molecule has 1 N–H and O–H groups in total. The molecule has 2 heterocycles. The van der Waals surface area contributed by atoms with Crippen LogP contribution in [0, 0.1) is 5.92 Å². The van der Waals surface area contributed by atoms with Crippen LogP contribution < -0.4 is 5.32 Å². The van der Waals surface area contributed by atoms with Crippen LogP contribution in [0.25, 0.3) is 10.2 Å². The number of ether oxygens (including phenoxy) is 2. The Morgan fingerprint density at radius 2 is 1.87 bits per heavy atom. The van der Waals surface area contributed by atoms with E-state index in [4.69, 9.17) is 32.7 Å². The molecule has 2 aliphatic rings. The number of hydrogen-bond donors (Lipinski definition) is 1. The van der Waals surface area contributed by atoms with Crippen molar-refractivity contribution in [2.24, 2.45) is 5.92 Å². The third kappa shape index (κ3) is 6.38. The van der Waals surface area contributed by atoms with E-state index in [1.165, 1.54) is 23.3 Å². The molecule has 7 nitrogen and oxygen atoms in total. The van der Waals surface area contributed by atoms with Crippen LogP contribution in [0.5, 0.6) is 0 Å². The third-order valence-electron chi connectivity index (χ3n) is 7.38. The van der Waals surface area contributed by atoms with Gasteiger partial charge in [-0.15, -0.1) is 0 Å². The van der Waals surface area contributed by atoms with Crippen molar-refractivity contribution in [3.8, 4) is 0 Å². The molecule has 3 aromatic rings. The van der Waals surface area contributed by atoms with Gasteiger partial charge in [-0.25, -0.2) is 9.88 Å². The first-order valence-electron chi connectivity index (χ1n) is 13.1. The summed E-state index contributed by atoms with van der Waals surface area (Å²) in [7, 11) is 1.37. The van der Waals surface area contributed by atoms with Gasteiger partial charge in [-0.1, -0.05) is 40.6 Å². The number of methoxy groups -OCH3 is 1. The molecular weight excluding hydrogens is 564 g/mol. The lowest BCUT2D eigenvalue weighted by molar-refractivity contribution is -0.252. The molecule has 2 fully saturated rings. The number of halogens is 3. The number of Topliss-reactive ketones (excluding diaryl/α,β-unsaturated/α-hetero) is 1. The third-order valence-corrected chi connectivity index (χ3v) is 8.86. The Morgan fingerprint density at radius 3 is 2.56 bits per heavy atom. The number of nitrogens with one attached hydrogen (secondary N) is 1. The number of carbonyl (C=O) groups excluding carboxylic acids is 2. The van der Waals surface area contributed by atoms with Crippen molar-refractivity contribution in [3.05, 3.63) is 52.0 Å². The zero-order valence-corrected chi connectivity index (χ0v) is 23.9. The Hall–Kier alpha value is -2.30. The Bertz CT molecular complexity index is 1360. The number of benzene rings is 2. The number of ketones is 1. The summed E-state index contributed by atoms with van der Waals surface area (Å²) < 4.78 is 28.2. The molecule has 1 saturated carbocycles. The molecule has 0 amide bonds. The van der Waals surface area contributed by atoms with E-state index in [2.05, 4.69) is 10.3 Å². The summed E-state index contributed by atoms with van der Waals surface area (Å²) in [5, 5.41) is 4.90. The van der Waals surface area contributed by atoms with Gasteiger partial charge in [0.2, 0.25) is 5.78 Å². The molecule has 1 aromatic heterocycles. The second-order valence-corrected chi connectivity index (χ2v) is 11.9. The molecule has 1 atom stereocenters. The molecule has 1 saturated heterocycles. The van der Waals surface area contributed by atoms with E-state index in [-0.39, 0.29) is 18.3 Å². The van der Waals surface area contributed by atoms with Gasteiger partial charge in [-0.2, -0.15) is 4.39 Å². The number of nitrogens with zero attached hydrogens (tertiary/aromatic N) is 2. The van der Waals surface area contributed by atoms with E-state index in [1.807, 2.05) is 12.1 Å². The van der Waals surface area contributed by atoms with Gasteiger partial charge in [0.25, 0.3) is 0 Å². The van der Waals surface area contributed by atoms with Crippen LogP contribution in [0.3, 0.4) is 0 Å². The highest BCUT2D eigenvalue weighted by Gasteiger charge is 2.48. The first kappa shape index (κ1) is 28.2. The van der Waals surface area contributed by atoms with Crippen LogP contribution in [0.4, 0.5) is 15.2 Å². The zero-order chi connectivity index (χ0) is 27.6. The maximum atomic E-state index is 16.5. The van der Waals surface area contributed by atoms with Crippen molar-refractivity contribution in [2.75, 3.05) is 25.5 Å². The topological polar surface area (TPSA) is 80.8 Å². The molecule has 5 rings (SSSR count). The van der Waals surface area contributed by atoms with Gasteiger partial charge in [0.15, 0.2) is 5.13 Å². The monoisotopic (exact) mass is 593 g/mol. The zero-order valence-electron chi connectivity index (χ0n) is 21.6. The largest absolute Gasteiger partial charge is 0.469 e. The number of esters is 1. The first-order chi connectivity index (χ1) is 18.7. The molecule has 1 unspecified atom stereocenters. The Labute approximate surface area is 240 Å². The smallest absolute Gasteiger partial charge is 0.330 e. The first-order valence-corrected chi connectivity index (χ1v) is 14.7. The number of carbonyl (C=O) groups is 2. The van der Waals surface area contributed by atoms with Crippen LogP contribution in [0.2, 0.25) is 10.0 Å². The normalized spacial score (nSPS) is 21.5. The van der Waals surface area contributed by atoms with E-state index in [9.17, 15) is 9.59 Å². The van der Waals surface area contributed by atoms with E-state index >= 15 is 4.39 Å². The van der Waals surface area contributed by atoms with E-state index in [0.29, 0.717) is 65.2 Å². The van der Waals surface area contributed by atoms with Gasteiger partial charge in [0.05, 0.1) is 40.1 Å². The summed E-state index contributed by atoms with van der Waals surface area (Å²) in [6.45, 7) is 0.910. The summed E-state index contributed by atoms with van der Waals surface area (Å²) in [4.78, 5) is 31.3. The van der Waals surface area contributed by atoms with Crippen LogP contribution in [0.1, 0.15) is 44.1 Å². The van der Waals surface area contributed by atoms with Gasteiger partial charge in [0.1, 0.15) is 0 Å². The summed E-state index contributed by atoms with van der Waals surface area (Å²) in [5.74, 6) is -3.64. The summed E-state index contributed by atoms with van der Waals surface area (Å²) in [6.07, 6.45) is 3.10. The van der Waals surface area contributed by atoms with E-state index in [1.54, 1.807) is 24.3 Å². The predicted molar refractivity (Wildman–Crippen MR) is 152 cm³/mol. The number of rotatable bonds is 9. The van der Waals surface area contributed by atoms with E-state index in [0.717, 1.165) is 23.1 Å². The minimum Gasteiger partial charge on any atom is -0.469 e. The highest BCUT2D eigenvalue weighted by molar-refractivity contribution is 7.22. The van der Waals surface area contributed by atoms with Crippen molar-refractivity contribution in [3.63, 3.8) is 0 Å². The Morgan fingerprint density at radius 1 is 1.13 bits per heavy atom. The van der Waals surface area contributed by atoms with Crippen molar-refractivity contribution >= 4 is 67.3 Å². The minimum absolute atomic E-state index is 0.163. The fraction of sp³-hybridized carbons (Fsp3) is 0.464. The molecule has 0 bridgehead atoms. The molecule has 1 aliphatic heterocycles. The number of alkyl halides is 1. The average Bonchev–Trinajstić information content (AvgIpc) is 3.60. The second-order valence-electron chi connectivity index (χ2n) is 10.0. The highest BCUT2D eigenvalue weighted by Crippen LogP contribution is 2.36. The van der Waals surface area contributed by atoms with Crippen molar-refractivity contribution in [2.45, 2.75) is 57.0 Å². The van der Waals surface area contributed by atoms with Crippen molar-refractivity contribution < 1.29 is 23.5 Å². The number of aromatic nitrogens is 1. The number of hydrogen-bond acceptors (Lipinski definition) is 8. The Kier molecular flexibility index (Phi) is 8.73. The summed E-state index contributed by atoms with van der Waals surface area (Å²) in [5.41, 5.74) is 2.04. The summed E-state index contributed by atoms with van der Waals surface area (Å²) in [6, 6.07) is 10.7. The van der Waals surface area contributed by atoms with Gasteiger partial charge in [-0.05, 0) is 74.4 Å². The maximum Gasteiger partial charge on any atom is 0.330 e. The van der Waals surface area contributed by atoms with Crippen LogP contribution in [-0.2, 0) is 25.5 Å². The molecule has 0 radical (unpaired) electrons.